The number of aromatic nitrogens is 2. The normalized spacial score (nSPS) is 12.6. The van der Waals surface area contributed by atoms with Crippen LogP contribution in [0.4, 0.5) is 0 Å². The molecule has 18 heavy (non-hydrogen) atoms. The molecule has 1 atom stereocenters. The van der Waals surface area contributed by atoms with Gasteiger partial charge in [0.2, 0.25) is 0 Å². The molecule has 5 heteroatoms. The van der Waals surface area contributed by atoms with Crippen LogP contribution in [0.15, 0.2) is 30.6 Å². The third-order valence-electron chi connectivity index (χ3n) is 2.80. The number of para-hydroxylation sites is 2. The number of carbonyl (C=O) groups excluding carboxylic acids is 1. The number of ether oxygens (including phenoxy) is 1. The zero-order valence-corrected chi connectivity index (χ0v) is 10.4. The van der Waals surface area contributed by atoms with Crippen LogP contribution in [0.25, 0.3) is 11.0 Å². The number of esters is 1. The predicted molar refractivity (Wildman–Crippen MR) is 69.0 cm³/mol. The Balaban J connectivity index is 2.00. The van der Waals surface area contributed by atoms with E-state index in [-0.39, 0.29) is 5.97 Å². The van der Waals surface area contributed by atoms with Crippen LogP contribution in [-0.4, -0.2) is 28.2 Å². The van der Waals surface area contributed by atoms with E-state index in [0.717, 1.165) is 11.0 Å². The quantitative estimate of drug-likeness (QED) is 0.809. The summed E-state index contributed by atoms with van der Waals surface area (Å²) in [5, 5.41) is 0. The summed E-state index contributed by atoms with van der Waals surface area (Å²) < 4.78 is 6.87. The average molecular weight is 247 g/mol. The lowest BCUT2D eigenvalue weighted by Crippen LogP contribution is -2.33. The molecule has 0 saturated heterocycles. The van der Waals surface area contributed by atoms with Crippen molar-refractivity contribution in [3.63, 3.8) is 0 Å². The van der Waals surface area contributed by atoms with Gasteiger partial charge in [0.05, 0.1) is 24.0 Å². The van der Waals surface area contributed by atoms with Crippen molar-refractivity contribution in [2.45, 2.75) is 25.9 Å². The van der Waals surface area contributed by atoms with Gasteiger partial charge >= 0.3 is 5.97 Å². The van der Waals surface area contributed by atoms with Crippen molar-refractivity contribution in [1.82, 2.24) is 9.55 Å². The molecule has 1 unspecified atom stereocenters. The summed E-state index contributed by atoms with van der Waals surface area (Å²) >= 11 is 0. The molecule has 0 fully saturated rings. The maximum absolute atomic E-state index is 11.4. The van der Waals surface area contributed by atoms with Crippen LogP contribution in [0.1, 0.15) is 13.3 Å². The standard InChI is InChI=1S/C13H17N3O2/c1-2-18-13(17)10(14)7-8-16-9-15-11-5-3-4-6-12(11)16/h3-6,9-10H,2,7-8,14H2,1H3. The molecule has 0 spiro atoms. The molecule has 0 aliphatic heterocycles. The monoisotopic (exact) mass is 247 g/mol. The Morgan fingerprint density at radius 3 is 3.06 bits per heavy atom. The summed E-state index contributed by atoms with van der Waals surface area (Å²) in [7, 11) is 0. The summed E-state index contributed by atoms with van der Waals surface area (Å²) in [6.45, 7) is 2.79. The molecule has 0 amide bonds. The number of nitrogens with two attached hydrogens (primary N) is 1. The van der Waals surface area contributed by atoms with E-state index in [1.165, 1.54) is 0 Å². The van der Waals surface area contributed by atoms with E-state index in [4.69, 9.17) is 10.5 Å². The highest BCUT2D eigenvalue weighted by Crippen LogP contribution is 2.12. The fourth-order valence-electron chi connectivity index (χ4n) is 1.83. The molecule has 5 nitrogen and oxygen atoms in total. The number of hydrogen-bond donors (Lipinski definition) is 1. The van der Waals surface area contributed by atoms with Crippen LogP contribution in [0.5, 0.6) is 0 Å². The lowest BCUT2D eigenvalue weighted by atomic mass is 10.2. The highest BCUT2D eigenvalue weighted by molar-refractivity contribution is 5.76. The number of aryl methyl sites for hydroxylation is 1. The van der Waals surface area contributed by atoms with Crippen LogP contribution in [-0.2, 0) is 16.1 Å². The Hall–Kier alpha value is -1.88. The number of hydrogen-bond acceptors (Lipinski definition) is 4. The number of carbonyl (C=O) groups is 1. The average Bonchev–Trinajstić information content (AvgIpc) is 2.79. The van der Waals surface area contributed by atoms with Gasteiger partial charge in [0.15, 0.2) is 0 Å². The zero-order valence-electron chi connectivity index (χ0n) is 10.4. The first-order chi connectivity index (χ1) is 8.72. The van der Waals surface area contributed by atoms with Gasteiger partial charge in [-0.1, -0.05) is 12.1 Å². The fraction of sp³-hybridized carbons (Fsp3) is 0.385. The molecule has 0 aliphatic carbocycles. The minimum atomic E-state index is -0.578. The van der Waals surface area contributed by atoms with Gasteiger partial charge in [-0.05, 0) is 25.5 Å². The Morgan fingerprint density at radius 2 is 2.28 bits per heavy atom. The molecular weight excluding hydrogens is 230 g/mol. The largest absolute Gasteiger partial charge is 0.465 e. The topological polar surface area (TPSA) is 70.1 Å². The van der Waals surface area contributed by atoms with E-state index in [0.29, 0.717) is 19.6 Å². The molecular formula is C13H17N3O2. The van der Waals surface area contributed by atoms with Crippen molar-refractivity contribution in [3.8, 4) is 0 Å². The summed E-state index contributed by atoms with van der Waals surface area (Å²) in [6.07, 6.45) is 2.31. The lowest BCUT2D eigenvalue weighted by Gasteiger charge is -2.11. The van der Waals surface area contributed by atoms with Crippen LogP contribution < -0.4 is 5.73 Å². The molecule has 1 aromatic heterocycles. The maximum atomic E-state index is 11.4. The van der Waals surface area contributed by atoms with Gasteiger partial charge in [-0.15, -0.1) is 0 Å². The summed E-state index contributed by atoms with van der Waals surface area (Å²) in [6, 6.07) is 7.29. The van der Waals surface area contributed by atoms with Crippen LogP contribution in [0.3, 0.4) is 0 Å². The number of benzene rings is 1. The van der Waals surface area contributed by atoms with Gasteiger partial charge < -0.3 is 15.0 Å². The molecule has 1 heterocycles. The second kappa shape index (κ2) is 5.64. The van der Waals surface area contributed by atoms with Crippen molar-refractivity contribution in [1.29, 1.82) is 0 Å². The van der Waals surface area contributed by atoms with E-state index in [1.54, 1.807) is 13.3 Å². The SMILES string of the molecule is CCOC(=O)C(N)CCn1cnc2ccccc21. The van der Waals surface area contributed by atoms with E-state index in [9.17, 15) is 4.79 Å². The molecule has 2 rings (SSSR count). The number of imidazole rings is 1. The molecule has 0 saturated carbocycles. The van der Waals surface area contributed by atoms with E-state index >= 15 is 0 Å². The minimum absolute atomic E-state index is 0.345. The third kappa shape index (κ3) is 2.68. The lowest BCUT2D eigenvalue weighted by molar-refractivity contribution is -0.144. The van der Waals surface area contributed by atoms with E-state index < -0.39 is 6.04 Å². The molecule has 0 aliphatic rings. The first-order valence-corrected chi connectivity index (χ1v) is 6.04. The van der Waals surface area contributed by atoms with Crippen LogP contribution in [0, 0.1) is 0 Å². The van der Waals surface area contributed by atoms with E-state index in [1.807, 2.05) is 28.8 Å². The molecule has 0 bridgehead atoms. The van der Waals surface area contributed by atoms with Crippen molar-refractivity contribution in [2.75, 3.05) is 6.61 Å². The summed E-state index contributed by atoms with van der Waals surface area (Å²) in [5.74, 6) is -0.345. The van der Waals surface area contributed by atoms with Gasteiger partial charge in [-0.25, -0.2) is 4.98 Å². The smallest absolute Gasteiger partial charge is 0.322 e. The van der Waals surface area contributed by atoms with Gasteiger partial charge in [-0.2, -0.15) is 0 Å². The molecule has 1 aromatic carbocycles. The second-order valence-electron chi connectivity index (χ2n) is 4.07. The van der Waals surface area contributed by atoms with Gasteiger partial charge in [0.25, 0.3) is 0 Å². The second-order valence-corrected chi connectivity index (χ2v) is 4.07. The highest BCUT2D eigenvalue weighted by Gasteiger charge is 2.14. The Bertz CT molecular complexity index is 536. The van der Waals surface area contributed by atoms with E-state index in [2.05, 4.69) is 4.98 Å². The first-order valence-electron chi connectivity index (χ1n) is 6.04. The summed E-state index contributed by atoms with van der Waals surface area (Å²) in [4.78, 5) is 15.7. The maximum Gasteiger partial charge on any atom is 0.322 e. The molecule has 96 valence electrons. The summed E-state index contributed by atoms with van der Waals surface area (Å²) in [5.41, 5.74) is 7.75. The van der Waals surface area contributed by atoms with Gasteiger partial charge in [0.1, 0.15) is 6.04 Å². The third-order valence-corrected chi connectivity index (χ3v) is 2.80. The number of rotatable bonds is 5. The van der Waals surface area contributed by atoms with Gasteiger partial charge in [-0.3, -0.25) is 4.79 Å². The van der Waals surface area contributed by atoms with Crippen molar-refractivity contribution < 1.29 is 9.53 Å². The minimum Gasteiger partial charge on any atom is -0.465 e. The number of nitrogens with zero attached hydrogens (tertiary/aromatic N) is 2. The fourth-order valence-corrected chi connectivity index (χ4v) is 1.83. The molecule has 2 N–H and O–H groups in total. The Kier molecular flexibility index (Phi) is 3.94. The Labute approximate surface area is 106 Å². The molecule has 2 aromatic rings. The predicted octanol–water partition coefficient (Wildman–Crippen LogP) is 1.32. The molecule has 0 radical (unpaired) electrons. The van der Waals surface area contributed by atoms with Crippen molar-refractivity contribution in [2.24, 2.45) is 5.73 Å². The first kappa shape index (κ1) is 12.6. The number of fused-ring (bicyclic) bond motifs is 1. The zero-order chi connectivity index (χ0) is 13.0. The van der Waals surface area contributed by atoms with Crippen molar-refractivity contribution >= 4 is 17.0 Å². The van der Waals surface area contributed by atoms with Gasteiger partial charge in [0, 0.05) is 6.54 Å². The van der Waals surface area contributed by atoms with Crippen LogP contribution in [0.2, 0.25) is 0 Å². The van der Waals surface area contributed by atoms with Crippen molar-refractivity contribution in [3.05, 3.63) is 30.6 Å². The highest BCUT2D eigenvalue weighted by atomic mass is 16.5. The van der Waals surface area contributed by atoms with Crippen LogP contribution >= 0.6 is 0 Å². The Morgan fingerprint density at radius 1 is 1.50 bits per heavy atom.